The molecule has 0 radical (unpaired) electrons. The quantitative estimate of drug-likeness (QED) is 0.848. The number of amides is 1. The van der Waals surface area contributed by atoms with Gasteiger partial charge in [-0.15, -0.1) is 0 Å². The molecule has 4 heteroatoms. The molecule has 1 fully saturated rings. The average Bonchev–Trinajstić information content (AvgIpc) is 3.12. The summed E-state index contributed by atoms with van der Waals surface area (Å²) in [6, 6.07) is 5.84. The second kappa shape index (κ2) is 3.39. The number of benzene rings is 1. The molecule has 0 bridgehead atoms. The number of fused-ring (bicyclic) bond motifs is 1. The Morgan fingerprint density at radius 2 is 2.24 bits per heavy atom. The highest BCUT2D eigenvalue weighted by Crippen LogP contribution is 2.50. The molecule has 17 heavy (non-hydrogen) atoms. The number of nitrogens with zero attached hydrogens (tertiary/aromatic N) is 1. The maximum absolute atomic E-state index is 12.1. The third kappa shape index (κ3) is 1.33. The van der Waals surface area contributed by atoms with Gasteiger partial charge in [0.05, 0.1) is 18.5 Å². The van der Waals surface area contributed by atoms with Crippen molar-refractivity contribution >= 4 is 17.3 Å². The number of rotatable bonds is 2. The molecule has 1 aliphatic carbocycles. The van der Waals surface area contributed by atoms with Crippen LogP contribution in [0.5, 0.6) is 5.75 Å². The van der Waals surface area contributed by atoms with Crippen molar-refractivity contribution in [3.63, 3.8) is 0 Å². The van der Waals surface area contributed by atoms with Crippen molar-refractivity contribution in [3.05, 3.63) is 18.2 Å². The van der Waals surface area contributed by atoms with Gasteiger partial charge in [-0.05, 0) is 31.9 Å². The van der Waals surface area contributed by atoms with E-state index in [1.54, 1.807) is 7.11 Å². The van der Waals surface area contributed by atoms with Gasteiger partial charge in [-0.1, -0.05) is 0 Å². The summed E-state index contributed by atoms with van der Waals surface area (Å²) in [7, 11) is 1.63. The number of methoxy groups -OCH3 is 1. The van der Waals surface area contributed by atoms with E-state index in [1.165, 1.54) is 0 Å². The van der Waals surface area contributed by atoms with Crippen LogP contribution in [0.1, 0.15) is 19.8 Å². The van der Waals surface area contributed by atoms with E-state index in [0.717, 1.165) is 36.5 Å². The van der Waals surface area contributed by atoms with E-state index < -0.39 is 0 Å². The molecule has 4 nitrogen and oxygen atoms in total. The highest BCUT2D eigenvalue weighted by Gasteiger charge is 2.56. The second-order valence-corrected chi connectivity index (χ2v) is 4.61. The van der Waals surface area contributed by atoms with Crippen molar-refractivity contribution in [3.8, 4) is 5.75 Å². The van der Waals surface area contributed by atoms with Crippen LogP contribution in [-0.4, -0.2) is 25.1 Å². The number of anilines is 2. The van der Waals surface area contributed by atoms with Gasteiger partial charge >= 0.3 is 0 Å². The molecule has 1 heterocycles. The zero-order valence-electron chi connectivity index (χ0n) is 10.1. The molecular formula is C13H16N2O2. The zero-order valence-corrected chi connectivity index (χ0v) is 10.1. The van der Waals surface area contributed by atoms with E-state index in [1.807, 2.05) is 18.2 Å². The largest absolute Gasteiger partial charge is 0.497 e. The number of carbonyl (C=O) groups excluding carboxylic acids is 1. The minimum absolute atomic E-state index is 0.125. The number of nitrogens with one attached hydrogen (secondary N) is 1. The Bertz CT molecular complexity index is 480. The fraction of sp³-hybridized carbons (Fsp3) is 0.462. The Balaban J connectivity index is 2.08. The van der Waals surface area contributed by atoms with Gasteiger partial charge in [0.2, 0.25) is 5.91 Å². The third-order valence-electron chi connectivity index (χ3n) is 3.72. The summed E-state index contributed by atoms with van der Waals surface area (Å²) < 4.78 is 5.18. The fourth-order valence-corrected chi connectivity index (χ4v) is 2.66. The first-order valence-electron chi connectivity index (χ1n) is 5.98. The van der Waals surface area contributed by atoms with Gasteiger partial charge in [0.1, 0.15) is 11.3 Å². The van der Waals surface area contributed by atoms with Crippen molar-refractivity contribution in [1.29, 1.82) is 0 Å². The number of likely N-dealkylation sites (N-methyl/N-ethyl adjacent to an activating group) is 1. The maximum Gasteiger partial charge on any atom is 0.250 e. The van der Waals surface area contributed by atoms with Gasteiger partial charge in [-0.3, -0.25) is 4.79 Å². The molecule has 1 amide bonds. The van der Waals surface area contributed by atoms with Crippen LogP contribution in [0.15, 0.2) is 18.2 Å². The van der Waals surface area contributed by atoms with Crippen LogP contribution in [0.4, 0.5) is 11.4 Å². The van der Waals surface area contributed by atoms with Crippen molar-refractivity contribution in [2.75, 3.05) is 23.9 Å². The summed E-state index contributed by atoms with van der Waals surface area (Å²) in [6.07, 6.45) is 1.91. The third-order valence-corrected chi connectivity index (χ3v) is 3.72. The number of hydrogen-bond acceptors (Lipinski definition) is 3. The molecule has 0 saturated heterocycles. The highest BCUT2D eigenvalue weighted by atomic mass is 16.5. The summed E-state index contributed by atoms with van der Waals surface area (Å²) in [5.74, 6) is 0.895. The molecule has 0 unspecified atom stereocenters. The van der Waals surface area contributed by atoms with Gasteiger partial charge in [-0.25, -0.2) is 0 Å². The van der Waals surface area contributed by atoms with E-state index in [9.17, 15) is 4.79 Å². The topological polar surface area (TPSA) is 41.6 Å². The van der Waals surface area contributed by atoms with Crippen LogP contribution in [-0.2, 0) is 4.79 Å². The van der Waals surface area contributed by atoms with Gasteiger partial charge in [0.25, 0.3) is 0 Å². The minimum atomic E-state index is -0.268. The van der Waals surface area contributed by atoms with E-state index >= 15 is 0 Å². The molecule has 0 aromatic heterocycles. The van der Waals surface area contributed by atoms with Crippen molar-refractivity contribution < 1.29 is 9.53 Å². The van der Waals surface area contributed by atoms with Gasteiger partial charge in [-0.2, -0.15) is 0 Å². The smallest absolute Gasteiger partial charge is 0.250 e. The van der Waals surface area contributed by atoms with Crippen LogP contribution in [0, 0.1) is 0 Å². The Hall–Kier alpha value is -1.71. The monoisotopic (exact) mass is 232 g/mol. The molecule has 3 rings (SSSR count). The molecule has 1 N–H and O–H groups in total. The van der Waals surface area contributed by atoms with Crippen molar-refractivity contribution in [2.45, 2.75) is 25.3 Å². The second-order valence-electron chi connectivity index (χ2n) is 4.61. The van der Waals surface area contributed by atoms with Crippen LogP contribution in [0.3, 0.4) is 0 Å². The SMILES string of the molecule is CCN1c2ccc(OC)cc2NC(=O)C12CC2. The lowest BCUT2D eigenvalue weighted by molar-refractivity contribution is -0.118. The number of hydrogen-bond donors (Lipinski definition) is 1. The molecule has 2 aliphatic rings. The minimum Gasteiger partial charge on any atom is -0.497 e. The van der Waals surface area contributed by atoms with E-state index in [0.29, 0.717) is 0 Å². The summed E-state index contributed by atoms with van der Waals surface area (Å²) in [5, 5.41) is 2.99. The Morgan fingerprint density at radius 3 is 2.82 bits per heavy atom. The normalized spacial score (nSPS) is 19.9. The standard InChI is InChI=1S/C13H16N2O2/c1-3-15-11-5-4-9(17-2)8-10(11)14-12(16)13(15)6-7-13/h4-5,8H,3,6-7H2,1-2H3,(H,14,16). The summed E-state index contributed by atoms with van der Waals surface area (Å²) in [5.41, 5.74) is 1.69. The molecule has 1 aromatic carbocycles. The van der Waals surface area contributed by atoms with Crippen LogP contribution in [0.2, 0.25) is 0 Å². The summed E-state index contributed by atoms with van der Waals surface area (Å²) in [6.45, 7) is 2.94. The fourth-order valence-electron chi connectivity index (χ4n) is 2.66. The van der Waals surface area contributed by atoms with Crippen LogP contribution in [0.25, 0.3) is 0 Å². The lowest BCUT2D eigenvalue weighted by atomic mass is 10.1. The molecule has 1 aromatic rings. The van der Waals surface area contributed by atoms with Gasteiger partial charge in [0.15, 0.2) is 0 Å². The summed E-state index contributed by atoms with van der Waals surface area (Å²) >= 11 is 0. The van der Waals surface area contributed by atoms with Crippen LogP contribution < -0.4 is 15.0 Å². The summed E-state index contributed by atoms with van der Waals surface area (Å²) in [4.78, 5) is 14.3. The predicted molar refractivity (Wildman–Crippen MR) is 66.6 cm³/mol. The Labute approximate surface area is 101 Å². The molecule has 1 saturated carbocycles. The maximum atomic E-state index is 12.1. The van der Waals surface area contributed by atoms with E-state index in [4.69, 9.17) is 4.74 Å². The molecule has 0 atom stereocenters. The van der Waals surface area contributed by atoms with Gasteiger partial charge < -0.3 is 15.0 Å². The van der Waals surface area contributed by atoms with Crippen molar-refractivity contribution in [2.24, 2.45) is 0 Å². The highest BCUT2D eigenvalue weighted by molar-refractivity contribution is 6.08. The zero-order chi connectivity index (χ0) is 12.0. The molecular weight excluding hydrogens is 216 g/mol. The number of carbonyl (C=O) groups is 1. The van der Waals surface area contributed by atoms with Crippen molar-refractivity contribution in [1.82, 2.24) is 0 Å². The number of ether oxygens (including phenoxy) is 1. The molecule has 1 aliphatic heterocycles. The van der Waals surface area contributed by atoms with Crippen LogP contribution >= 0.6 is 0 Å². The first kappa shape index (κ1) is 10.4. The van der Waals surface area contributed by atoms with E-state index in [-0.39, 0.29) is 11.4 Å². The average molecular weight is 232 g/mol. The first-order valence-corrected chi connectivity index (χ1v) is 5.98. The molecule has 90 valence electrons. The molecule has 1 spiro atoms. The lowest BCUT2D eigenvalue weighted by Crippen LogP contribution is -2.50. The lowest BCUT2D eigenvalue weighted by Gasteiger charge is -2.38. The first-order chi connectivity index (χ1) is 8.21. The van der Waals surface area contributed by atoms with E-state index in [2.05, 4.69) is 17.1 Å². The van der Waals surface area contributed by atoms with Gasteiger partial charge in [0, 0.05) is 12.6 Å². The Kier molecular flexibility index (Phi) is 2.08. The predicted octanol–water partition coefficient (Wildman–Crippen LogP) is 2.01. The Morgan fingerprint density at radius 1 is 1.47 bits per heavy atom.